The Kier molecular flexibility index (Phi) is 8.04. The fourth-order valence-corrected chi connectivity index (χ4v) is 4.36. The maximum atomic E-state index is 12.3. The van der Waals surface area contributed by atoms with Gasteiger partial charge in [0.1, 0.15) is 16.9 Å². The number of anilines is 4. The van der Waals surface area contributed by atoms with E-state index in [9.17, 15) is 4.79 Å². The average Bonchev–Trinajstić information content (AvgIpc) is 2.93. The van der Waals surface area contributed by atoms with E-state index < -0.39 is 0 Å². The van der Waals surface area contributed by atoms with Crippen molar-refractivity contribution in [3.8, 4) is 11.1 Å². The van der Waals surface area contributed by atoms with Gasteiger partial charge in [-0.3, -0.25) is 9.78 Å². The van der Waals surface area contributed by atoms with Crippen molar-refractivity contribution in [1.82, 2.24) is 29.7 Å². The molecule has 1 amide bonds. The Balaban J connectivity index is 1.34. The molecule has 1 saturated heterocycles. The van der Waals surface area contributed by atoms with Crippen LogP contribution in [0.1, 0.15) is 0 Å². The molecule has 10 nitrogen and oxygen atoms in total. The van der Waals surface area contributed by atoms with Gasteiger partial charge in [-0.15, -0.1) is 0 Å². The minimum atomic E-state index is -0.172. The Labute approximate surface area is 228 Å². The average molecular weight is 524 g/mol. The molecule has 0 saturated carbocycles. The van der Waals surface area contributed by atoms with Crippen LogP contribution in [0, 0.1) is 0 Å². The number of nitrogens with zero attached hydrogens (tertiary/aromatic N) is 7. The van der Waals surface area contributed by atoms with Gasteiger partial charge in [0.2, 0.25) is 11.9 Å². The molecule has 5 rings (SSSR count). The van der Waals surface area contributed by atoms with Gasteiger partial charge in [0.25, 0.3) is 0 Å². The molecule has 1 aliphatic heterocycles. The highest BCUT2D eigenvalue weighted by Gasteiger charge is 2.15. The third kappa shape index (κ3) is 6.73. The van der Waals surface area contributed by atoms with Crippen LogP contribution in [-0.4, -0.2) is 89.5 Å². The van der Waals surface area contributed by atoms with Gasteiger partial charge in [-0.05, 0) is 57.0 Å². The molecule has 4 heterocycles. The molecule has 1 aromatic carbocycles. The number of fused-ring (bicyclic) bond motifs is 1. The van der Waals surface area contributed by atoms with Crippen LogP contribution in [0.15, 0.2) is 73.2 Å². The molecule has 39 heavy (non-hydrogen) atoms. The summed E-state index contributed by atoms with van der Waals surface area (Å²) in [6.45, 7) is 4.71. The standard InChI is InChI=1S/C29H33N9O/c1-36(2)13-5-8-27(39)33-22-7-4-6-21(18-22)24-11-12-30-25-20-32-29(35-28(24)25)34-23-9-10-26(31-19-23)38-16-14-37(3)15-17-38/h4-12,18-20H,13-17H2,1-3H3,(H,33,39)(H,32,34,35). The summed E-state index contributed by atoms with van der Waals surface area (Å²) >= 11 is 0. The molecule has 1 aliphatic rings. The predicted octanol–water partition coefficient (Wildman–Crippen LogP) is 3.64. The monoisotopic (exact) mass is 523 g/mol. The lowest BCUT2D eigenvalue weighted by Crippen LogP contribution is -2.44. The van der Waals surface area contributed by atoms with Crippen molar-refractivity contribution in [2.24, 2.45) is 0 Å². The van der Waals surface area contributed by atoms with Crippen molar-refractivity contribution in [3.05, 3.63) is 73.2 Å². The Morgan fingerprint density at radius 3 is 2.62 bits per heavy atom. The molecule has 0 bridgehead atoms. The van der Waals surface area contributed by atoms with Crippen LogP contribution in [0.25, 0.3) is 22.2 Å². The summed E-state index contributed by atoms with van der Waals surface area (Å²) in [7, 11) is 6.05. The molecule has 1 fully saturated rings. The number of carbonyl (C=O) groups is 1. The van der Waals surface area contributed by atoms with Crippen LogP contribution in [0.5, 0.6) is 0 Å². The van der Waals surface area contributed by atoms with Crippen molar-refractivity contribution < 1.29 is 4.79 Å². The lowest BCUT2D eigenvalue weighted by Gasteiger charge is -2.33. The molecular formula is C29H33N9O. The van der Waals surface area contributed by atoms with Crippen LogP contribution in [0.4, 0.5) is 23.1 Å². The van der Waals surface area contributed by atoms with Crippen LogP contribution in [0.2, 0.25) is 0 Å². The zero-order valence-electron chi connectivity index (χ0n) is 22.5. The van der Waals surface area contributed by atoms with Crippen LogP contribution < -0.4 is 15.5 Å². The van der Waals surface area contributed by atoms with Crippen LogP contribution >= 0.6 is 0 Å². The van der Waals surface area contributed by atoms with E-state index in [1.165, 1.54) is 0 Å². The van der Waals surface area contributed by atoms with E-state index in [1.54, 1.807) is 18.5 Å². The second-order valence-electron chi connectivity index (χ2n) is 9.84. The summed E-state index contributed by atoms with van der Waals surface area (Å²) in [5.74, 6) is 1.26. The maximum absolute atomic E-state index is 12.3. The SMILES string of the molecule is CN(C)CC=CC(=O)Nc1cccc(-c2ccnc3cnc(Nc4ccc(N5CCN(C)CC5)nc4)nc23)c1. The molecule has 0 spiro atoms. The number of nitrogens with one attached hydrogen (secondary N) is 2. The van der Waals surface area contributed by atoms with Crippen LogP contribution in [0.3, 0.4) is 0 Å². The first-order valence-corrected chi connectivity index (χ1v) is 13.0. The largest absolute Gasteiger partial charge is 0.354 e. The van der Waals surface area contributed by atoms with E-state index in [2.05, 4.69) is 42.4 Å². The summed E-state index contributed by atoms with van der Waals surface area (Å²) in [6.07, 6.45) is 8.64. The van der Waals surface area contributed by atoms with Gasteiger partial charge in [0.15, 0.2) is 0 Å². The van der Waals surface area contributed by atoms with E-state index in [0.717, 1.165) is 48.8 Å². The smallest absolute Gasteiger partial charge is 0.248 e. The van der Waals surface area contributed by atoms with Crippen molar-refractivity contribution in [2.75, 3.05) is 69.4 Å². The molecular weight excluding hydrogens is 490 g/mol. The van der Waals surface area contributed by atoms with Gasteiger partial charge in [-0.2, -0.15) is 0 Å². The molecule has 0 aliphatic carbocycles. The Bertz CT molecular complexity index is 1460. The summed E-state index contributed by atoms with van der Waals surface area (Å²) in [5, 5.41) is 6.20. The van der Waals surface area contributed by atoms with Gasteiger partial charge >= 0.3 is 0 Å². The molecule has 0 radical (unpaired) electrons. The first-order chi connectivity index (χ1) is 18.9. The minimum absolute atomic E-state index is 0.172. The number of rotatable bonds is 8. The quantitative estimate of drug-likeness (QED) is 0.335. The fraction of sp³-hybridized carbons (Fsp3) is 0.276. The lowest BCUT2D eigenvalue weighted by molar-refractivity contribution is -0.111. The molecule has 10 heteroatoms. The molecule has 4 aromatic rings. The van der Waals surface area contributed by atoms with Crippen molar-refractivity contribution in [3.63, 3.8) is 0 Å². The maximum Gasteiger partial charge on any atom is 0.248 e. The summed E-state index contributed by atoms with van der Waals surface area (Å²) in [4.78, 5) is 37.3. The number of amides is 1. The minimum Gasteiger partial charge on any atom is -0.354 e. The number of benzene rings is 1. The molecule has 0 atom stereocenters. The summed E-state index contributed by atoms with van der Waals surface area (Å²) < 4.78 is 0. The normalized spacial score (nSPS) is 14.3. The number of likely N-dealkylation sites (N-methyl/N-ethyl adjacent to an activating group) is 2. The van der Waals surface area contributed by atoms with Crippen molar-refractivity contribution in [1.29, 1.82) is 0 Å². The van der Waals surface area contributed by atoms with Gasteiger partial charge in [0, 0.05) is 56.2 Å². The fourth-order valence-electron chi connectivity index (χ4n) is 4.36. The third-order valence-corrected chi connectivity index (χ3v) is 6.49. The third-order valence-electron chi connectivity index (χ3n) is 6.49. The number of hydrogen-bond donors (Lipinski definition) is 2. The van der Waals surface area contributed by atoms with Gasteiger partial charge < -0.3 is 25.3 Å². The first-order valence-electron chi connectivity index (χ1n) is 13.0. The summed E-state index contributed by atoms with van der Waals surface area (Å²) in [6, 6.07) is 13.6. The predicted molar refractivity (Wildman–Crippen MR) is 156 cm³/mol. The van der Waals surface area contributed by atoms with Gasteiger partial charge in [-0.1, -0.05) is 18.2 Å². The number of carbonyl (C=O) groups excluding carboxylic acids is 1. The highest BCUT2D eigenvalue weighted by Crippen LogP contribution is 2.29. The topological polar surface area (TPSA) is 102 Å². The molecule has 2 N–H and O–H groups in total. The van der Waals surface area contributed by atoms with E-state index in [0.29, 0.717) is 29.2 Å². The number of piperazine rings is 1. The van der Waals surface area contributed by atoms with Crippen molar-refractivity contribution in [2.45, 2.75) is 0 Å². The summed E-state index contributed by atoms with van der Waals surface area (Å²) in [5.41, 5.74) is 4.73. The Morgan fingerprint density at radius 2 is 1.85 bits per heavy atom. The van der Waals surface area contributed by atoms with E-state index >= 15 is 0 Å². The van der Waals surface area contributed by atoms with Crippen LogP contribution in [-0.2, 0) is 4.79 Å². The molecule has 200 valence electrons. The van der Waals surface area contributed by atoms with E-state index in [-0.39, 0.29) is 5.91 Å². The van der Waals surface area contributed by atoms with Crippen molar-refractivity contribution >= 4 is 40.1 Å². The Hall–Kier alpha value is -4.41. The number of aromatic nitrogens is 4. The van der Waals surface area contributed by atoms with E-state index in [1.807, 2.05) is 73.7 Å². The van der Waals surface area contributed by atoms with Gasteiger partial charge in [0.05, 0.1) is 18.1 Å². The second-order valence-corrected chi connectivity index (χ2v) is 9.84. The zero-order chi connectivity index (χ0) is 27.2. The molecule has 3 aromatic heterocycles. The van der Waals surface area contributed by atoms with E-state index in [4.69, 9.17) is 4.98 Å². The highest BCUT2D eigenvalue weighted by atomic mass is 16.1. The molecule has 0 unspecified atom stereocenters. The zero-order valence-corrected chi connectivity index (χ0v) is 22.5. The highest BCUT2D eigenvalue weighted by molar-refractivity contribution is 6.00. The number of pyridine rings is 2. The first kappa shape index (κ1) is 26.2. The Morgan fingerprint density at radius 1 is 1.00 bits per heavy atom. The lowest BCUT2D eigenvalue weighted by atomic mass is 10.0. The van der Waals surface area contributed by atoms with Gasteiger partial charge in [-0.25, -0.2) is 15.0 Å². The number of hydrogen-bond acceptors (Lipinski definition) is 9. The second kappa shape index (κ2) is 12.0.